The minimum absolute atomic E-state index is 0.0282. The predicted molar refractivity (Wildman–Crippen MR) is 74.5 cm³/mol. The lowest BCUT2D eigenvalue weighted by Crippen LogP contribution is -2.06. The lowest BCUT2D eigenvalue weighted by Gasteiger charge is -2.02. The lowest BCUT2D eigenvalue weighted by atomic mass is 10.0. The third kappa shape index (κ3) is 3.25. The molecule has 0 bridgehead atoms. The standard InChI is InChI=1S/C15H20N2O2/c1-5-12-10(4)17-14(13(12)6-2)8-11(9-16)15(18)19-7-3/h8,17H,5-7H2,1-4H3/b11-8+. The monoisotopic (exact) mass is 260 g/mol. The molecule has 0 fully saturated rings. The molecule has 0 aromatic carbocycles. The molecule has 4 nitrogen and oxygen atoms in total. The van der Waals surface area contributed by atoms with Gasteiger partial charge in [-0.2, -0.15) is 5.26 Å². The van der Waals surface area contributed by atoms with Gasteiger partial charge in [0.25, 0.3) is 0 Å². The third-order valence-corrected chi connectivity index (χ3v) is 3.08. The average molecular weight is 260 g/mol. The van der Waals surface area contributed by atoms with Crippen LogP contribution >= 0.6 is 0 Å². The van der Waals surface area contributed by atoms with Crippen LogP contribution in [0, 0.1) is 18.3 Å². The number of nitrogens with one attached hydrogen (secondary N) is 1. The van der Waals surface area contributed by atoms with Crippen molar-refractivity contribution in [3.8, 4) is 6.07 Å². The second-order valence-electron chi connectivity index (χ2n) is 4.22. The minimum atomic E-state index is -0.572. The molecule has 4 heteroatoms. The molecule has 1 aromatic rings. The van der Waals surface area contributed by atoms with Gasteiger partial charge in [-0.05, 0) is 43.9 Å². The third-order valence-electron chi connectivity index (χ3n) is 3.08. The summed E-state index contributed by atoms with van der Waals surface area (Å²) in [5.41, 5.74) is 4.38. The van der Waals surface area contributed by atoms with E-state index in [9.17, 15) is 4.79 Å². The first-order valence-electron chi connectivity index (χ1n) is 6.58. The highest BCUT2D eigenvalue weighted by atomic mass is 16.5. The van der Waals surface area contributed by atoms with Crippen LogP contribution in [0.4, 0.5) is 0 Å². The molecule has 1 aromatic heterocycles. The Bertz CT molecular complexity index is 533. The van der Waals surface area contributed by atoms with E-state index in [0.717, 1.165) is 29.8 Å². The van der Waals surface area contributed by atoms with Crippen molar-refractivity contribution in [1.82, 2.24) is 4.98 Å². The molecular weight excluding hydrogens is 240 g/mol. The number of aromatic nitrogens is 1. The summed E-state index contributed by atoms with van der Waals surface area (Å²) in [5, 5.41) is 9.05. The first-order chi connectivity index (χ1) is 9.08. The number of carbonyl (C=O) groups excluding carboxylic acids is 1. The second-order valence-corrected chi connectivity index (χ2v) is 4.22. The number of ether oxygens (including phenoxy) is 1. The number of rotatable bonds is 5. The average Bonchev–Trinajstić information content (AvgIpc) is 2.70. The van der Waals surface area contributed by atoms with Crippen LogP contribution in [0.15, 0.2) is 5.57 Å². The van der Waals surface area contributed by atoms with Crippen LogP contribution < -0.4 is 0 Å². The smallest absolute Gasteiger partial charge is 0.348 e. The molecule has 0 amide bonds. The Labute approximate surface area is 114 Å². The number of aryl methyl sites for hydroxylation is 1. The Balaban J connectivity index is 3.23. The summed E-state index contributed by atoms with van der Waals surface area (Å²) in [6.07, 6.45) is 3.38. The Morgan fingerprint density at radius 2 is 1.95 bits per heavy atom. The zero-order valence-electron chi connectivity index (χ0n) is 12.0. The fraction of sp³-hybridized carbons (Fsp3) is 0.467. The van der Waals surface area contributed by atoms with E-state index in [4.69, 9.17) is 10.00 Å². The molecule has 0 aliphatic carbocycles. The summed E-state index contributed by atoms with van der Waals surface area (Å²) in [4.78, 5) is 14.9. The number of carbonyl (C=O) groups is 1. The summed E-state index contributed by atoms with van der Waals surface area (Å²) >= 11 is 0. The molecule has 0 atom stereocenters. The van der Waals surface area contributed by atoms with Gasteiger partial charge in [0.15, 0.2) is 0 Å². The molecule has 1 N–H and O–H groups in total. The van der Waals surface area contributed by atoms with E-state index in [1.807, 2.05) is 13.0 Å². The SMILES string of the molecule is CCOC(=O)/C(C#N)=C/c1[nH]c(C)c(CC)c1CC. The van der Waals surface area contributed by atoms with Crippen molar-refractivity contribution in [3.63, 3.8) is 0 Å². The van der Waals surface area contributed by atoms with Gasteiger partial charge < -0.3 is 9.72 Å². The molecule has 0 spiro atoms. The fourth-order valence-corrected chi connectivity index (χ4v) is 2.24. The molecule has 0 saturated heterocycles. The van der Waals surface area contributed by atoms with E-state index in [1.54, 1.807) is 13.0 Å². The summed E-state index contributed by atoms with van der Waals surface area (Å²) in [6.45, 7) is 8.15. The van der Waals surface area contributed by atoms with Crippen molar-refractivity contribution < 1.29 is 9.53 Å². The quantitative estimate of drug-likeness (QED) is 0.503. The maximum absolute atomic E-state index is 11.6. The van der Waals surface area contributed by atoms with Crippen molar-refractivity contribution in [3.05, 3.63) is 28.1 Å². The predicted octanol–water partition coefficient (Wildman–Crippen LogP) is 2.92. The van der Waals surface area contributed by atoms with Crippen molar-refractivity contribution in [2.45, 2.75) is 40.5 Å². The van der Waals surface area contributed by atoms with Gasteiger partial charge in [0, 0.05) is 11.4 Å². The molecule has 0 unspecified atom stereocenters. The Morgan fingerprint density at radius 3 is 2.42 bits per heavy atom. The van der Waals surface area contributed by atoms with Crippen LogP contribution in [0.25, 0.3) is 6.08 Å². The van der Waals surface area contributed by atoms with Crippen LogP contribution in [-0.2, 0) is 22.4 Å². The molecule has 0 aliphatic rings. The molecule has 19 heavy (non-hydrogen) atoms. The van der Waals surface area contributed by atoms with Crippen molar-refractivity contribution >= 4 is 12.0 Å². The van der Waals surface area contributed by atoms with Gasteiger partial charge in [-0.15, -0.1) is 0 Å². The molecule has 1 heterocycles. The van der Waals surface area contributed by atoms with Gasteiger partial charge in [0.05, 0.1) is 6.61 Å². The highest BCUT2D eigenvalue weighted by molar-refractivity contribution is 5.97. The Kier molecular flexibility index (Phi) is 5.37. The summed E-state index contributed by atoms with van der Waals surface area (Å²) < 4.78 is 4.86. The van der Waals surface area contributed by atoms with E-state index >= 15 is 0 Å². The maximum atomic E-state index is 11.6. The van der Waals surface area contributed by atoms with Crippen molar-refractivity contribution in [2.75, 3.05) is 6.61 Å². The molecule has 0 radical (unpaired) electrons. The van der Waals surface area contributed by atoms with Crippen LogP contribution in [0.1, 0.15) is 43.3 Å². The lowest BCUT2D eigenvalue weighted by molar-refractivity contribution is -0.137. The highest BCUT2D eigenvalue weighted by Gasteiger charge is 2.15. The number of nitriles is 1. The van der Waals surface area contributed by atoms with Gasteiger partial charge in [-0.1, -0.05) is 13.8 Å². The molecule has 0 aliphatic heterocycles. The number of esters is 1. The first-order valence-corrected chi connectivity index (χ1v) is 6.58. The molecule has 102 valence electrons. The number of H-pyrrole nitrogens is 1. The van der Waals surface area contributed by atoms with Crippen LogP contribution in [0.3, 0.4) is 0 Å². The Hall–Kier alpha value is -2.02. The first kappa shape index (κ1) is 15.0. The second kappa shape index (κ2) is 6.79. The molecule has 0 saturated carbocycles. The highest BCUT2D eigenvalue weighted by Crippen LogP contribution is 2.22. The normalized spacial score (nSPS) is 11.2. The zero-order chi connectivity index (χ0) is 14.4. The van der Waals surface area contributed by atoms with Gasteiger partial charge in [0.2, 0.25) is 0 Å². The van der Waals surface area contributed by atoms with Crippen molar-refractivity contribution in [2.24, 2.45) is 0 Å². The zero-order valence-corrected chi connectivity index (χ0v) is 12.0. The van der Waals surface area contributed by atoms with Gasteiger partial charge >= 0.3 is 5.97 Å². The number of aromatic amines is 1. The molecular formula is C15H20N2O2. The van der Waals surface area contributed by atoms with Gasteiger partial charge in [-0.25, -0.2) is 4.79 Å². The number of nitrogens with zero attached hydrogens (tertiary/aromatic N) is 1. The fourth-order valence-electron chi connectivity index (χ4n) is 2.24. The van der Waals surface area contributed by atoms with E-state index in [2.05, 4.69) is 18.8 Å². The van der Waals surface area contributed by atoms with E-state index in [-0.39, 0.29) is 12.2 Å². The minimum Gasteiger partial charge on any atom is -0.462 e. The van der Waals surface area contributed by atoms with E-state index < -0.39 is 5.97 Å². The van der Waals surface area contributed by atoms with Crippen LogP contribution in [0.2, 0.25) is 0 Å². The number of hydrogen-bond acceptors (Lipinski definition) is 3. The van der Waals surface area contributed by atoms with Crippen LogP contribution in [0.5, 0.6) is 0 Å². The largest absolute Gasteiger partial charge is 0.462 e. The van der Waals surface area contributed by atoms with Crippen molar-refractivity contribution in [1.29, 1.82) is 5.26 Å². The van der Waals surface area contributed by atoms with Crippen LogP contribution in [-0.4, -0.2) is 17.6 Å². The number of hydrogen-bond donors (Lipinski definition) is 1. The van der Waals surface area contributed by atoms with E-state index in [0.29, 0.717) is 0 Å². The summed E-state index contributed by atoms with van der Waals surface area (Å²) in [6, 6.07) is 1.90. The van der Waals surface area contributed by atoms with Gasteiger partial charge in [-0.3, -0.25) is 0 Å². The summed E-state index contributed by atoms with van der Waals surface area (Å²) in [7, 11) is 0. The summed E-state index contributed by atoms with van der Waals surface area (Å²) in [5.74, 6) is -0.572. The topological polar surface area (TPSA) is 65.9 Å². The molecule has 1 rings (SSSR count). The van der Waals surface area contributed by atoms with E-state index in [1.165, 1.54) is 5.56 Å². The van der Waals surface area contributed by atoms with Gasteiger partial charge in [0.1, 0.15) is 11.6 Å². The Morgan fingerprint density at radius 1 is 1.32 bits per heavy atom. The maximum Gasteiger partial charge on any atom is 0.348 e.